The Bertz CT molecular complexity index is 641. The molecule has 0 amide bonds. The standard InChI is InChI=1S/C19H23ClN2O2/c1-2-3-4-5-6-15-12-21-18(22-13-15)16-9-7-14(8-10-16)11-17(20)19(23)24/h7-10,12-13,17H,2-6,11H2,1H3,(H,23,24)/t17-/m1/s1. The SMILES string of the molecule is CCCCCCc1cnc(-c2ccc(C[C@@H](Cl)C(=O)O)cc2)nc1. The zero-order valence-corrected chi connectivity index (χ0v) is 14.7. The van der Waals surface area contributed by atoms with Crippen molar-refractivity contribution < 1.29 is 9.90 Å². The summed E-state index contributed by atoms with van der Waals surface area (Å²) in [7, 11) is 0. The summed E-state index contributed by atoms with van der Waals surface area (Å²) in [6, 6.07) is 7.54. The maximum Gasteiger partial charge on any atom is 0.321 e. The van der Waals surface area contributed by atoms with Crippen LogP contribution in [-0.4, -0.2) is 26.4 Å². The summed E-state index contributed by atoms with van der Waals surface area (Å²) in [5, 5.41) is 7.94. The molecule has 2 rings (SSSR count). The molecule has 0 aliphatic heterocycles. The Morgan fingerprint density at radius 3 is 2.33 bits per heavy atom. The predicted molar refractivity (Wildman–Crippen MR) is 96.3 cm³/mol. The van der Waals surface area contributed by atoms with Gasteiger partial charge in [0.1, 0.15) is 5.38 Å². The summed E-state index contributed by atoms with van der Waals surface area (Å²) in [5.74, 6) is -0.321. The summed E-state index contributed by atoms with van der Waals surface area (Å²) in [6.07, 6.45) is 10.0. The van der Waals surface area contributed by atoms with Crippen LogP contribution in [0.15, 0.2) is 36.7 Å². The summed E-state index contributed by atoms with van der Waals surface area (Å²) in [6.45, 7) is 2.21. The molecular weight excluding hydrogens is 324 g/mol. The van der Waals surface area contributed by atoms with Crippen LogP contribution in [0.5, 0.6) is 0 Å². The van der Waals surface area contributed by atoms with E-state index in [9.17, 15) is 4.79 Å². The van der Waals surface area contributed by atoms with E-state index in [1.165, 1.54) is 25.7 Å². The van der Waals surface area contributed by atoms with E-state index in [0.717, 1.165) is 23.1 Å². The van der Waals surface area contributed by atoms with E-state index in [0.29, 0.717) is 12.2 Å². The highest BCUT2D eigenvalue weighted by Crippen LogP contribution is 2.18. The third kappa shape index (κ3) is 5.60. The number of aliphatic carboxylic acids is 1. The molecule has 24 heavy (non-hydrogen) atoms. The molecule has 0 fully saturated rings. The van der Waals surface area contributed by atoms with E-state index in [1.807, 2.05) is 36.7 Å². The first-order chi connectivity index (χ1) is 11.6. The van der Waals surface area contributed by atoms with Crippen molar-refractivity contribution in [3.63, 3.8) is 0 Å². The van der Waals surface area contributed by atoms with Crippen LogP contribution in [0.2, 0.25) is 0 Å². The fourth-order valence-corrected chi connectivity index (χ4v) is 2.65. The lowest BCUT2D eigenvalue weighted by molar-refractivity contribution is -0.136. The Morgan fingerprint density at radius 1 is 1.08 bits per heavy atom. The molecular formula is C19H23ClN2O2. The van der Waals surface area contributed by atoms with Crippen molar-refractivity contribution in [2.24, 2.45) is 0 Å². The molecule has 128 valence electrons. The highest BCUT2D eigenvalue weighted by atomic mass is 35.5. The van der Waals surface area contributed by atoms with Crippen LogP contribution in [0.1, 0.15) is 43.7 Å². The Hall–Kier alpha value is -1.94. The zero-order valence-electron chi connectivity index (χ0n) is 13.9. The molecule has 0 aliphatic rings. The fraction of sp³-hybridized carbons (Fsp3) is 0.421. The van der Waals surface area contributed by atoms with Crippen molar-refractivity contribution in [2.75, 3.05) is 0 Å². The number of hydrogen-bond donors (Lipinski definition) is 1. The van der Waals surface area contributed by atoms with Gasteiger partial charge in [-0.3, -0.25) is 4.79 Å². The molecule has 1 aromatic carbocycles. The second-order valence-electron chi connectivity index (χ2n) is 5.93. The number of nitrogens with zero attached hydrogens (tertiary/aromatic N) is 2. The van der Waals surface area contributed by atoms with Gasteiger partial charge in [0.25, 0.3) is 0 Å². The van der Waals surface area contributed by atoms with E-state index in [-0.39, 0.29) is 0 Å². The minimum absolute atomic E-state index is 0.300. The highest BCUT2D eigenvalue weighted by molar-refractivity contribution is 6.29. The van der Waals surface area contributed by atoms with Crippen molar-refractivity contribution in [3.8, 4) is 11.4 Å². The molecule has 0 radical (unpaired) electrons. The maximum absolute atomic E-state index is 10.8. The number of aromatic nitrogens is 2. The van der Waals surface area contributed by atoms with Gasteiger partial charge in [-0.05, 0) is 30.4 Å². The number of unbranched alkanes of at least 4 members (excludes halogenated alkanes) is 3. The van der Waals surface area contributed by atoms with Crippen LogP contribution in [-0.2, 0) is 17.6 Å². The van der Waals surface area contributed by atoms with Gasteiger partial charge in [0, 0.05) is 18.0 Å². The van der Waals surface area contributed by atoms with Crippen molar-refractivity contribution in [2.45, 2.75) is 50.8 Å². The first-order valence-electron chi connectivity index (χ1n) is 8.37. The average Bonchev–Trinajstić information content (AvgIpc) is 2.60. The maximum atomic E-state index is 10.8. The van der Waals surface area contributed by atoms with E-state index >= 15 is 0 Å². The molecule has 1 atom stereocenters. The van der Waals surface area contributed by atoms with E-state index < -0.39 is 11.3 Å². The molecule has 1 aromatic heterocycles. The van der Waals surface area contributed by atoms with Gasteiger partial charge in [0.05, 0.1) is 0 Å². The second-order valence-corrected chi connectivity index (χ2v) is 6.46. The highest BCUT2D eigenvalue weighted by Gasteiger charge is 2.14. The topological polar surface area (TPSA) is 63.1 Å². The fourth-order valence-electron chi connectivity index (χ4n) is 2.47. The molecule has 0 bridgehead atoms. The van der Waals surface area contributed by atoms with Crippen LogP contribution in [0, 0.1) is 0 Å². The second kappa shape index (κ2) is 9.38. The van der Waals surface area contributed by atoms with Gasteiger partial charge in [-0.1, -0.05) is 50.5 Å². The number of hydrogen-bond acceptors (Lipinski definition) is 3. The summed E-state index contributed by atoms with van der Waals surface area (Å²) >= 11 is 5.76. The van der Waals surface area contributed by atoms with Crippen molar-refractivity contribution in [1.29, 1.82) is 0 Å². The Balaban J connectivity index is 1.95. The molecule has 4 nitrogen and oxygen atoms in total. The summed E-state index contributed by atoms with van der Waals surface area (Å²) in [4.78, 5) is 19.7. The van der Waals surface area contributed by atoms with Crippen LogP contribution in [0.4, 0.5) is 0 Å². The Labute approximate surface area is 147 Å². The molecule has 0 unspecified atom stereocenters. The van der Waals surface area contributed by atoms with Gasteiger partial charge in [0.2, 0.25) is 0 Å². The van der Waals surface area contributed by atoms with Gasteiger partial charge in [-0.15, -0.1) is 11.6 Å². The molecule has 1 N–H and O–H groups in total. The third-order valence-electron chi connectivity index (χ3n) is 3.92. The van der Waals surface area contributed by atoms with Crippen LogP contribution < -0.4 is 0 Å². The molecule has 5 heteroatoms. The number of carboxylic acid groups (broad SMARTS) is 1. The van der Waals surface area contributed by atoms with Gasteiger partial charge >= 0.3 is 5.97 Å². The summed E-state index contributed by atoms with van der Waals surface area (Å²) in [5.41, 5.74) is 2.96. The number of benzene rings is 1. The van der Waals surface area contributed by atoms with Crippen LogP contribution in [0.3, 0.4) is 0 Å². The van der Waals surface area contributed by atoms with Crippen molar-refractivity contribution >= 4 is 17.6 Å². The Morgan fingerprint density at radius 2 is 1.75 bits per heavy atom. The lowest BCUT2D eigenvalue weighted by Crippen LogP contribution is -2.15. The van der Waals surface area contributed by atoms with E-state index in [1.54, 1.807) is 0 Å². The first-order valence-corrected chi connectivity index (χ1v) is 8.81. The van der Waals surface area contributed by atoms with E-state index in [4.69, 9.17) is 16.7 Å². The third-order valence-corrected chi connectivity index (χ3v) is 4.26. The number of carboxylic acids is 1. The smallest absolute Gasteiger partial charge is 0.321 e. The van der Waals surface area contributed by atoms with Gasteiger partial charge in [-0.25, -0.2) is 9.97 Å². The van der Waals surface area contributed by atoms with Gasteiger partial charge in [-0.2, -0.15) is 0 Å². The van der Waals surface area contributed by atoms with E-state index in [2.05, 4.69) is 16.9 Å². The summed E-state index contributed by atoms with van der Waals surface area (Å²) < 4.78 is 0. The lowest BCUT2D eigenvalue weighted by atomic mass is 10.1. The predicted octanol–water partition coefficient (Wildman–Crippen LogP) is 4.50. The Kier molecular flexibility index (Phi) is 7.19. The van der Waals surface area contributed by atoms with Crippen LogP contribution in [0.25, 0.3) is 11.4 Å². The normalized spacial score (nSPS) is 12.1. The number of rotatable bonds is 9. The molecule has 0 saturated heterocycles. The number of alkyl halides is 1. The molecule has 0 aliphatic carbocycles. The van der Waals surface area contributed by atoms with Gasteiger partial charge < -0.3 is 5.11 Å². The minimum atomic E-state index is -1.00. The number of aryl methyl sites for hydroxylation is 1. The molecule has 0 spiro atoms. The van der Waals surface area contributed by atoms with Crippen molar-refractivity contribution in [3.05, 3.63) is 47.8 Å². The molecule has 0 saturated carbocycles. The molecule has 2 aromatic rings. The molecule has 1 heterocycles. The van der Waals surface area contributed by atoms with Gasteiger partial charge in [0.15, 0.2) is 5.82 Å². The first kappa shape index (κ1) is 18.4. The zero-order chi connectivity index (χ0) is 17.4. The number of halogens is 1. The van der Waals surface area contributed by atoms with Crippen molar-refractivity contribution in [1.82, 2.24) is 9.97 Å². The average molecular weight is 347 g/mol. The quantitative estimate of drug-likeness (QED) is 0.536. The van der Waals surface area contributed by atoms with Crippen LogP contribution >= 0.6 is 11.6 Å². The lowest BCUT2D eigenvalue weighted by Gasteiger charge is -2.06. The monoisotopic (exact) mass is 346 g/mol. The largest absolute Gasteiger partial charge is 0.480 e. The minimum Gasteiger partial charge on any atom is -0.480 e. The number of carbonyl (C=O) groups is 1.